The molecule has 0 bridgehead atoms. The van der Waals surface area contributed by atoms with Crippen LogP contribution in [0.2, 0.25) is 0 Å². The van der Waals surface area contributed by atoms with E-state index in [9.17, 15) is 35.9 Å². The Bertz CT molecular complexity index is 912. The second kappa shape index (κ2) is 9.16. The molecule has 2 aromatic rings. The lowest BCUT2D eigenvalue weighted by molar-refractivity contribution is -0.184. The summed E-state index contributed by atoms with van der Waals surface area (Å²) < 4.78 is 79.2. The Morgan fingerprint density at radius 3 is 2.13 bits per heavy atom. The minimum absolute atomic E-state index is 0.00840. The first-order chi connectivity index (χ1) is 13.8. The molecule has 0 saturated carbocycles. The SMILES string of the molecule is CC(OCC(F)(F)F)C(=O)Nc1cccc(C(=O)Nc2cccc(C(F)(F)F)c2)c1. The fourth-order valence-corrected chi connectivity index (χ4v) is 2.25. The topological polar surface area (TPSA) is 67.4 Å². The van der Waals surface area contributed by atoms with Crippen molar-refractivity contribution in [1.29, 1.82) is 0 Å². The van der Waals surface area contributed by atoms with Crippen molar-refractivity contribution in [3.63, 3.8) is 0 Å². The molecule has 0 aromatic heterocycles. The number of ether oxygens (including phenoxy) is 1. The van der Waals surface area contributed by atoms with E-state index in [-0.39, 0.29) is 16.9 Å². The zero-order valence-electron chi connectivity index (χ0n) is 15.4. The van der Waals surface area contributed by atoms with Gasteiger partial charge < -0.3 is 15.4 Å². The fourth-order valence-electron chi connectivity index (χ4n) is 2.25. The number of alkyl halides is 6. The van der Waals surface area contributed by atoms with Crippen LogP contribution in [0.5, 0.6) is 0 Å². The number of halogens is 6. The second-order valence-electron chi connectivity index (χ2n) is 6.17. The third kappa shape index (κ3) is 7.07. The molecule has 0 fully saturated rings. The summed E-state index contributed by atoms with van der Waals surface area (Å²) in [7, 11) is 0. The summed E-state index contributed by atoms with van der Waals surface area (Å²) in [5, 5.41) is 4.62. The molecule has 5 nitrogen and oxygen atoms in total. The van der Waals surface area contributed by atoms with Crippen molar-refractivity contribution < 1.29 is 40.7 Å². The average molecular weight is 434 g/mol. The highest BCUT2D eigenvalue weighted by Gasteiger charge is 2.31. The lowest BCUT2D eigenvalue weighted by Crippen LogP contribution is -2.31. The lowest BCUT2D eigenvalue weighted by atomic mass is 10.1. The van der Waals surface area contributed by atoms with Gasteiger partial charge in [-0.05, 0) is 43.3 Å². The molecule has 0 aliphatic carbocycles. The molecule has 0 spiro atoms. The number of carbonyl (C=O) groups excluding carboxylic acids is 2. The number of nitrogens with one attached hydrogen (secondary N) is 2. The average Bonchev–Trinajstić information content (AvgIpc) is 2.65. The largest absolute Gasteiger partial charge is 0.416 e. The predicted molar refractivity (Wildman–Crippen MR) is 95.9 cm³/mol. The molecule has 0 saturated heterocycles. The van der Waals surface area contributed by atoms with Gasteiger partial charge in [-0.15, -0.1) is 0 Å². The summed E-state index contributed by atoms with van der Waals surface area (Å²) in [5.74, 6) is -1.61. The summed E-state index contributed by atoms with van der Waals surface area (Å²) in [6, 6.07) is 9.37. The standard InChI is InChI=1S/C19H16F6N2O3/c1-11(30-10-18(20,21)22)16(28)26-14-6-2-4-12(8-14)17(29)27-15-7-3-5-13(9-15)19(23,24)25/h2-9,11H,10H2,1H3,(H,26,28)(H,27,29). The van der Waals surface area contributed by atoms with Gasteiger partial charge in [-0.2, -0.15) is 26.3 Å². The molecule has 0 heterocycles. The van der Waals surface area contributed by atoms with Crippen LogP contribution in [0.1, 0.15) is 22.8 Å². The van der Waals surface area contributed by atoms with Crippen LogP contribution in [-0.2, 0) is 15.7 Å². The molecule has 11 heteroatoms. The lowest BCUT2D eigenvalue weighted by Gasteiger charge is -2.15. The Balaban J connectivity index is 2.04. The van der Waals surface area contributed by atoms with Crippen LogP contribution in [-0.4, -0.2) is 30.7 Å². The highest BCUT2D eigenvalue weighted by Crippen LogP contribution is 2.30. The predicted octanol–water partition coefficient (Wildman–Crippen LogP) is 4.86. The van der Waals surface area contributed by atoms with Crippen LogP contribution < -0.4 is 10.6 Å². The van der Waals surface area contributed by atoms with E-state index in [4.69, 9.17) is 0 Å². The van der Waals surface area contributed by atoms with Crippen molar-refractivity contribution >= 4 is 23.2 Å². The number of rotatable bonds is 6. The van der Waals surface area contributed by atoms with Crippen LogP contribution >= 0.6 is 0 Å². The second-order valence-corrected chi connectivity index (χ2v) is 6.17. The highest BCUT2D eigenvalue weighted by molar-refractivity contribution is 6.05. The van der Waals surface area contributed by atoms with Gasteiger partial charge in [-0.3, -0.25) is 9.59 Å². The maximum atomic E-state index is 12.8. The maximum absolute atomic E-state index is 12.8. The van der Waals surface area contributed by atoms with Crippen molar-refractivity contribution in [3.8, 4) is 0 Å². The minimum atomic E-state index is -4.59. The van der Waals surface area contributed by atoms with Crippen LogP contribution in [0.25, 0.3) is 0 Å². The number of amides is 2. The molecule has 2 rings (SSSR count). The maximum Gasteiger partial charge on any atom is 0.416 e. The first-order valence-corrected chi connectivity index (χ1v) is 8.43. The Labute approximate surface area is 167 Å². The minimum Gasteiger partial charge on any atom is -0.359 e. The molecule has 0 radical (unpaired) electrons. The van der Waals surface area contributed by atoms with Gasteiger partial charge in [0.05, 0.1) is 5.56 Å². The summed E-state index contributed by atoms with van der Waals surface area (Å²) in [4.78, 5) is 24.2. The van der Waals surface area contributed by atoms with E-state index in [1.165, 1.54) is 30.3 Å². The first-order valence-electron chi connectivity index (χ1n) is 8.43. The van der Waals surface area contributed by atoms with Crippen LogP contribution in [0.4, 0.5) is 37.7 Å². The fraction of sp³-hybridized carbons (Fsp3) is 0.263. The van der Waals surface area contributed by atoms with Crippen LogP contribution in [0, 0.1) is 0 Å². The van der Waals surface area contributed by atoms with E-state index >= 15 is 0 Å². The molecular weight excluding hydrogens is 418 g/mol. The van der Waals surface area contributed by atoms with Crippen molar-refractivity contribution in [3.05, 3.63) is 59.7 Å². The van der Waals surface area contributed by atoms with Gasteiger partial charge >= 0.3 is 12.4 Å². The highest BCUT2D eigenvalue weighted by atomic mass is 19.4. The van der Waals surface area contributed by atoms with Crippen molar-refractivity contribution in [2.24, 2.45) is 0 Å². The van der Waals surface area contributed by atoms with Gasteiger partial charge in [0.2, 0.25) is 0 Å². The van der Waals surface area contributed by atoms with Crippen molar-refractivity contribution in [2.45, 2.75) is 25.4 Å². The van der Waals surface area contributed by atoms with Gasteiger partial charge in [0.25, 0.3) is 11.8 Å². The van der Waals surface area contributed by atoms with Gasteiger partial charge in [0.1, 0.15) is 12.7 Å². The summed E-state index contributed by atoms with van der Waals surface area (Å²) in [5.41, 5.74) is -0.916. The van der Waals surface area contributed by atoms with Crippen molar-refractivity contribution in [2.75, 3.05) is 17.2 Å². The first kappa shape index (κ1) is 23.2. The van der Waals surface area contributed by atoms with E-state index in [0.717, 1.165) is 25.1 Å². The van der Waals surface area contributed by atoms with E-state index in [2.05, 4.69) is 15.4 Å². The Morgan fingerprint density at radius 2 is 1.53 bits per heavy atom. The quantitative estimate of drug-likeness (QED) is 0.638. The molecule has 2 N–H and O–H groups in total. The zero-order valence-corrected chi connectivity index (χ0v) is 15.4. The van der Waals surface area contributed by atoms with Gasteiger partial charge in [-0.25, -0.2) is 0 Å². The molecule has 0 aliphatic rings. The van der Waals surface area contributed by atoms with Crippen LogP contribution in [0.15, 0.2) is 48.5 Å². The smallest absolute Gasteiger partial charge is 0.359 e. The number of benzene rings is 2. The van der Waals surface area contributed by atoms with Crippen LogP contribution in [0.3, 0.4) is 0 Å². The molecule has 2 aromatic carbocycles. The molecular formula is C19H16F6N2O3. The van der Waals surface area contributed by atoms with E-state index in [1.807, 2.05) is 0 Å². The molecule has 2 amide bonds. The molecule has 30 heavy (non-hydrogen) atoms. The molecule has 0 aliphatic heterocycles. The van der Waals surface area contributed by atoms with E-state index in [0.29, 0.717) is 0 Å². The Morgan fingerprint density at radius 1 is 0.933 bits per heavy atom. The third-order valence-corrected chi connectivity index (χ3v) is 3.71. The monoisotopic (exact) mass is 434 g/mol. The van der Waals surface area contributed by atoms with E-state index in [1.54, 1.807) is 0 Å². The number of carbonyl (C=O) groups is 2. The molecule has 1 unspecified atom stereocenters. The Hall–Kier alpha value is -3.08. The van der Waals surface area contributed by atoms with Gasteiger partial charge in [0, 0.05) is 16.9 Å². The summed E-state index contributed by atoms with van der Waals surface area (Å²) in [6.45, 7) is -0.466. The van der Waals surface area contributed by atoms with E-state index < -0.39 is 42.4 Å². The van der Waals surface area contributed by atoms with Gasteiger partial charge in [0.15, 0.2) is 0 Å². The normalized spacial score (nSPS) is 12.9. The summed E-state index contributed by atoms with van der Waals surface area (Å²) in [6.07, 6.45) is -10.6. The summed E-state index contributed by atoms with van der Waals surface area (Å²) >= 11 is 0. The third-order valence-electron chi connectivity index (χ3n) is 3.71. The van der Waals surface area contributed by atoms with Gasteiger partial charge in [-0.1, -0.05) is 12.1 Å². The molecule has 1 atom stereocenters. The zero-order chi connectivity index (χ0) is 22.5. The molecule has 162 valence electrons. The Kier molecular flexibility index (Phi) is 7.08. The number of hydrogen-bond acceptors (Lipinski definition) is 3. The number of anilines is 2. The van der Waals surface area contributed by atoms with Crippen molar-refractivity contribution in [1.82, 2.24) is 0 Å². The number of hydrogen-bond donors (Lipinski definition) is 2.